The minimum atomic E-state index is -0.245. The van der Waals surface area contributed by atoms with Crippen LogP contribution < -0.4 is 5.73 Å². The second-order valence-corrected chi connectivity index (χ2v) is 3.34. The third kappa shape index (κ3) is 3.73. The van der Waals surface area contributed by atoms with Crippen LogP contribution in [0.2, 0.25) is 0 Å². The fourth-order valence-electron chi connectivity index (χ4n) is 1.21. The Hall–Kier alpha value is -1.84. The molecule has 4 heteroatoms. The molecular formula is C12H16N2O2. The molecule has 1 aromatic heterocycles. The highest BCUT2D eigenvalue weighted by Crippen LogP contribution is 2.11. The van der Waals surface area contributed by atoms with E-state index in [2.05, 4.69) is 4.98 Å². The van der Waals surface area contributed by atoms with Crippen LogP contribution in [0.1, 0.15) is 24.7 Å². The van der Waals surface area contributed by atoms with Crippen molar-refractivity contribution in [2.45, 2.75) is 20.3 Å². The lowest BCUT2D eigenvalue weighted by molar-refractivity contribution is -0.142. The third-order valence-corrected chi connectivity index (χ3v) is 1.96. The van der Waals surface area contributed by atoms with Crippen LogP contribution in [-0.4, -0.2) is 17.6 Å². The minimum absolute atomic E-state index is 0.239. The van der Waals surface area contributed by atoms with E-state index in [0.29, 0.717) is 18.0 Å². The molecule has 0 amide bonds. The molecule has 0 aliphatic heterocycles. The van der Waals surface area contributed by atoms with Crippen LogP contribution in [0.4, 0.5) is 5.69 Å². The molecule has 86 valence electrons. The van der Waals surface area contributed by atoms with Gasteiger partial charge in [-0.25, -0.2) is 0 Å². The molecule has 0 atom stereocenters. The summed E-state index contributed by atoms with van der Waals surface area (Å²) >= 11 is 0. The number of aryl methyl sites for hydroxylation is 1. The Balaban J connectivity index is 2.62. The van der Waals surface area contributed by atoms with Crippen LogP contribution in [-0.2, 0) is 9.53 Å². The molecule has 0 radical (unpaired) electrons. The molecule has 2 N–H and O–H groups in total. The first kappa shape index (κ1) is 12.2. The van der Waals surface area contributed by atoms with E-state index in [1.807, 2.05) is 13.0 Å². The monoisotopic (exact) mass is 220 g/mol. The first-order chi connectivity index (χ1) is 7.63. The number of hydrogen-bond donors (Lipinski definition) is 1. The van der Waals surface area contributed by atoms with Crippen molar-refractivity contribution in [1.82, 2.24) is 4.98 Å². The maximum atomic E-state index is 11.1. The van der Waals surface area contributed by atoms with E-state index in [4.69, 9.17) is 10.5 Å². The molecule has 0 aromatic carbocycles. The van der Waals surface area contributed by atoms with Gasteiger partial charge in [-0.3, -0.25) is 9.78 Å². The predicted octanol–water partition coefficient (Wildman–Crippen LogP) is 1.94. The maximum Gasteiger partial charge on any atom is 0.309 e. The van der Waals surface area contributed by atoms with Crippen LogP contribution in [0.25, 0.3) is 6.08 Å². The van der Waals surface area contributed by atoms with Gasteiger partial charge >= 0.3 is 5.97 Å². The lowest BCUT2D eigenvalue weighted by atomic mass is 10.2. The highest BCUT2D eigenvalue weighted by atomic mass is 16.5. The number of rotatable bonds is 4. The fraction of sp³-hybridized carbons (Fsp3) is 0.333. The van der Waals surface area contributed by atoms with Crippen molar-refractivity contribution < 1.29 is 9.53 Å². The van der Waals surface area contributed by atoms with Gasteiger partial charge in [-0.1, -0.05) is 6.08 Å². The molecule has 0 unspecified atom stereocenters. The highest BCUT2D eigenvalue weighted by molar-refractivity contribution is 5.73. The van der Waals surface area contributed by atoms with Crippen molar-refractivity contribution >= 4 is 17.7 Å². The number of nitrogens with two attached hydrogens (primary N) is 1. The number of nitrogens with zero attached hydrogens (tertiary/aromatic N) is 1. The molecule has 0 bridgehead atoms. The van der Waals surface area contributed by atoms with Crippen molar-refractivity contribution in [3.63, 3.8) is 0 Å². The summed E-state index contributed by atoms with van der Waals surface area (Å²) in [7, 11) is 0. The number of nitrogen functional groups attached to an aromatic ring is 1. The van der Waals surface area contributed by atoms with Gasteiger partial charge in [0.2, 0.25) is 0 Å². The average Bonchev–Trinajstić information content (AvgIpc) is 2.23. The predicted molar refractivity (Wildman–Crippen MR) is 63.7 cm³/mol. The van der Waals surface area contributed by atoms with Crippen molar-refractivity contribution in [2.75, 3.05) is 12.3 Å². The molecule has 1 heterocycles. The highest BCUT2D eigenvalue weighted by Gasteiger charge is 1.99. The summed E-state index contributed by atoms with van der Waals surface area (Å²) in [6.07, 6.45) is 3.68. The topological polar surface area (TPSA) is 65.2 Å². The number of carbonyl (C=O) groups is 1. The molecule has 0 aliphatic rings. The lowest BCUT2D eigenvalue weighted by Crippen LogP contribution is -2.01. The van der Waals surface area contributed by atoms with E-state index in [9.17, 15) is 4.79 Å². The number of aromatic nitrogens is 1. The van der Waals surface area contributed by atoms with Crippen molar-refractivity contribution in [1.29, 1.82) is 0 Å². The van der Waals surface area contributed by atoms with Gasteiger partial charge in [-0.2, -0.15) is 0 Å². The first-order valence-corrected chi connectivity index (χ1v) is 5.18. The van der Waals surface area contributed by atoms with Gasteiger partial charge in [0.25, 0.3) is 0 Å². The fourth-order valence-corrected chi connectivity index (χ4v) is 1.21. The Kier molecular flexibility index (Phi) is 4.51. The molecule has 0 saturated heterocycles. The van der Waals surface area contributed by atoms with Gasteiger partial charge in [0.15, 0.2) is 0 Å². The number of anilines is 1. The number of ether oxygens (including phenoxy) is 1. The standard InChI is InChI=1S/C12H16N2O2/c1-3-16-12(15)6-4-5-11-10(13)8-7-9(2)14-11/h4-5,7-8H,3,6,13H2,1-2H3. The summed E-state index contributed by atoms with van der Waals surface area (Å²) in [6.45, 7) is 4.07. The van der Waals surface area contributed by atoms with Gasteiger partial charge in [0.1, 0.15) is 0 Å². The van der Waals surface area contributed by atoms with Crippen LogP contribution in [0.15, 0.2) is 18.2 Å². The van der Waals surface area contributed by atoms with Crippen molar-refractivity contribution in [2.24, 2.45) is 0 Å². The minimum Gasteiger partial charge on any atom is -0.466 e. The SMILES string of the molecule is CCOC(=O)CC=Cc1nc(C)ccc1N. The number of hydrogen-bond acceptors (Lipinski definition) is 4. The number of pyridine rings is 1. The van der Waals surface area contributed by atoms with E-state index in [1.54, 1.807) is 25.1 Å². The summed E-state index contributed by atoms with van der Waals surface area (Å²) in [4.78, 5) is 15.3. The van der Waals surface area contributed by atoms with Crippen molar-refractivity contribution in [3.05, 3.63) is 29.6 Å². The van der Waals surface area contributed by atoms with E-state index in [0.717, 1.165) is 5.69 Å². The molecular weight excluding hydrogens is 204 g/mol. The summed E-state index contributed by atoms with van der Waals surface area (Å²) < 4.78 is 4.79. The average molecular weight is 220 g/mol. The van der Waals surface area contributed by atoms with E-state index in [-0.39, 0.29) is 12.4 Å². The molecule has 1 rings (SSSR count). The third-order valence-electron chi connectivity index (χ3n) is 1.96. The van der Waals surface area contributed by atoms with Crippen LogP contribution >= 0.6 is 0 Å². The molecule has 16 heavy (non-hydrogen) atoms. The van der Waals surface area contributed by atoms with Crippen LogP contribution in [0, 0.1) is 6.92 Å². The summed E-state index contributed by atoms with van der Waals surface area (Å²) in [5, 5.41) is 0. The Morgan fingerprint density at radius 3 is 3.00 bits per heavy atom. The van der Waals surface area contributed by atoms with Crippen molar-refractivity contribution in [3.8, 4) is 0 Å². The van der Waals surface area contributed by atoms with Gasteiger partial charge in [-0.05, 0) is 32.1 Å². The van der Waals surface area contributed by atoms with E-state index in [1.165, 1.54) is 0 Å². The van der Waals surface area contributed by atoms with Gasteiger partial charge < -0.3 is 10.5 Å². The largest absolute Gasteiger partial charge is 0.466 e. The zero-order valence-corrected chi connectivity index (χ0v) is 9.56. The van der Waals surface area contributed by atoms with Crippen LogP contribution in [0.5, 0.6) is 0 Å². The lowest BCUT2D eigenvalue weighted by Gasteiger charge is -2.00. The summed E-state index contributed by atoms with van der Waals surface area (Å²) in [5.74, 6) is -0.245. The first-order valence-electron chi connectivity index (χ1n) is 5.18. The molecule has 0 spiro atoms. The smallest absolute Gasteiger partial charge is 0.309 e. The Bertz CT molecular complexity index is 400. The summed E-state index contributed by atoms with van der Waals surface area (Å²) in [5.41, 5.74) is 7.92. The molecule has 0 saturated carbocycles. The Morgan fingerprint density at radius 2 is 2.31 bits per heavy atom. The maximum absolute atomic E-state index is 11.1. The molecule has 0 aliphatic carbocycles. The molecule has 1 aromatic rings. The van der Waals surface area contributed by atoms with Gasteiger partial charge in [-0.15, -0.1) is 0 Å². The molecule has 4 nitrogen and oxygen atoms in total. The van der Waals surface area contributed by atoms with Gasteiger partial charge in [0.05, 0.1) is 24.4 Å². The summed E-state index contributed by atoms with van der Waals surface area (Å²) in [6, 6.07) is 3.64. The number of carbonyl (C=O) groups excluding carboxylic acids is 1. The second kappa shape index (κ2) is 5.90. The second-order valence-electron chi connectivity index (χ2n) is 3.34. The molecule has 0 fully saturated rings. The van der Waals surface area contributed by atoms with E-state index < -0.39 is 0 Å². The number of esters is 1. The quantitative estimate of drug-likeness (QED) is 0.787. The van der Waals surface area contributed by atoms with Crippen LogP contribution in [0.3, 0.4) is 0 Å². The normalized spacial score (nSPS) is 10.6. The zero-order chi connectivity index (χ0) is 12.0. The Labute approximate surface area is 95.1 Å². The van der Waals surface area contributed by atoms with Gasteiger partial charge in [0, 0.05) is 5.69 Å². The Morgan fingerprint density at radius 1 is 1.56 bits per heavy atom. The van der Waals surface area contributed by atoms with E-state index >= 15 is 0 Å². The zero-order valence-electron chi connectivity index (χ0n) is 9.56.